The topological polar surface area (TPSA) is 111 Å². The van der Waals surface area contributed by atoms with Crippen LogP contribution in [-0.4, -0.2) is 65.1 Å². The van der Waals surface area contributed by atoms with Gasteiger partial charge in [-0.3, -0.25) is 14.4 Å². The molecule has 216 valence electrons. The molecule has 40 heavy (non-hydrogen) atoms. The van der Waals surface area contributed by atoms with E-state index >= 15 is 0 Å². The minimum atomic E-state index is -1.31. The van der Waals surface area contributed by atoms with E-state index in [1.54, 1.807) is 12.2 Å². The number of allylic oxidation sites excluding steroid dienone is 4. The van der Waals surface area contributed by atoms with E-state index in [2.05, 4.69) is 36.2 Å². The average molecular weight is 570 g/mol. The highest BCUT2D eigenvalue weighted by Crippen LogP contribution is 2.70. The normalized spacial score (nSPS) is 44.0. The monoisotopic (exact) mass is 569 g/mol. The molecule has 1 aliphatic heterocycles. The molecule has 0 radical (unpaired) electrons. The van der Waals surface area contributed by atoms with Gasteiger partial charge in [-0.15, -0.1) is 0 Å². The number of carbonyl (C=O) groups is 3. The Morgan fingerprint density at radius 3 is 2.75 bits per heavy atom. The molecule has 8 nitrogen and oxygen atoms in total. The van der Waals surface area contributed by atoms with Gasteiger partial charge in [0.2, 0.25) is 5.78 Å². The molecule has 0 amide bonds. The lowest BCUT2D eigenvalue weighted by Crippen LogP contribution is -2.63. The zero-order chi connectivity index (χ0) is 28.3. The van der Waals surface area contributed by atoms with Gasteiger partial charge in [-0.2, -0.15) is 0 Å². The van der Waals surface area contributed by atoms with Gasteiger partial charge in [0.15, 0.2) is 24.3 Å². The summed E-state index contributed by atoms with van der Waals surface area (Å²) in [7, 11) is 0. The molecule has 0 spiro atoms. The number of esters is 1. The van der Waals surface area contributed by atoms with Crippen molar-refractivity contribution in [2.45, 2.75) is 95.7 Å². The Labute approximate surface area is 240 Å². The van der Waals surface area contributed by atoms with E-state index in [-0.39, 0.29) is 41.8 Å². The molecule has 1 saturated heterocycles. The van der Waals surface area contributed by atoms with Gasteiger partial charge in [0.25, 0.3) is 0 Å². The van der Waals surface area contributed by atoms with Crippen LogP contribution in [0.1, 0.15) is 71.6 Å². The number of hydrogen-bond acceptors (Lipinski definition) is 9. The molecular formula is C31H39NO7S. The number of aliphatic hydroxyl groups is 1. The molecule has 6 aliphatic rings. The molecule has 5 fully saturated rings. The van der Waals surface area contributed by atoms with Gasteiger partial charge < -0.3 is 19.3 Å². The van der Waals surface area contributed by atoms with Gasteiger partial charge >= 0.3 is 5.97 Å². The van der Waals surface area contributed by atoms with Crippen LogP contribution < -0.4 is 0 Å². The van der Waals surface area contributed by atoms with E-state index in [4.69, 9.17) is 14.2 Å². The number of aliphatic hydroxyl groups excluding tert-OH is 1. The van der Waals surface area contributed by atoms with E-state index in [0.29, 0.717) is 12.8 Å². The van der Waals surface area contributed by atoms with E-state index in [1.165, 1.54) is 6.42 Å². The van der Waals surface area contributed by atoms with Gasteiger partial charge in [0, 0.05) is 22.7 Å². The Bertz CT molecular complexity index is 1200. The second kappa shape index (κ2) is 10.4. The van der Waals surface area contributed by atoms with Gasteiger partial charge in [-0.05, 0) is 74.7 Å². The van der Waals surface area contributed by atoms with Crippen LogP contribution in [0.4, 0.5) is 0 Å². The Morgan fingerprint density at radius 1 is 1.23 bits per heavy atom. The van der Waals surface area contributed by atoms with E-state index in [9.17, 15) is 19.5 Å². The summed E-state index contributed by atoms with van der Waals surface area (Å²) < 4.78 is 18.8. The Kier molecular flexibility index (Phi) is 7.28. The molecule has 6 rings (SSSR count). The molecule has 0 unspecified atom stereocenters. The second-order valence-corrected chi connectivity index (χ2v) is 13.4. The van der Waals surface area contributed by atoms with Crippen molar-refractivity contribution in [3.8, 4) is 0 Å². The Hall–Kier alpha value is -2.03. The molecule has 9 heteroatoms. The third-order valence-electron chi connectivity index (χ3n) is 11.3. The highest BCUT2D eigenvalue weighted by Gasteiger charge is 2.76. The minimum absolute atomic E-state index is 0.00222. The molecule has 1 N–H and O–H groups in total. The van der Waals surface area contributed by atoms with E-state index in [0.717, 1.165) is 44.1 Å². The van der Waals surface area contributed by atoms with E-state index < -0.39 is 47.5 Å². The first kappa shape index (κ1) is 28.1. The standard InChI is InChI=1S/C31H39NO7S/c1-29-11-10-20(33)12-19(29)8-9-21-22-13-25-31(30(22,2)14-23(34)27(21)29,24(35)16-37-26(36)15-32-17-40)39-28(38-25)18-6-4-3-5-7-18/h10-12,18,21-23,25,27-28,34H,3-9,13-16H2,1-2H3/t21-,22-,23-,25+,27+,28+,29-,30-,31+/m0/s1. The number of isothiocyanates is 1. The van der Waals surface area contributed by atoms with Gasteiger partial charge in [0.05, 0.1) is 17.4 Å². The number of ketones is 2. The van der Waals surface area contributed by atoms with Crippen LogP contribution in [0, 0.1) is 34.5 Å². The summed E-state index contributed by atoms with van der Waals surface area (Å²) in [5, 5.41) is 14.0. The average Bonchev–Trinajstić information content (AvgIpc) is 3.44. The molecular weight excluding hydrogens is 530 g/mol. The summed E-state index contributed by atoms with van der Waals surface area (Å²) in [6.45, 7) is 3.48. The maximum atomic E-state index is 14.2. The summed E-state index contributed by atoms with van der Waals surface area (Å²) >= 11 is 4.54. The molecule has 4 saturated carbocycles. The fraction of sp³-hybridized carbons (Fsp3) is 0.742. The number of nitrogens with zero attached hydrogens (tertiary/aromatic N) is 1. The lowest BCUT2D eigenvalue weighted by Gasteiger charge is -2.59. The first-order valence-electron chi connectivity index (χ1n) is 14.8. The van der Waals surface area contributed by atoms with Crippen LogP contribution in [-0.2, 0) is 28.6 Å². The van der Waals surface area contributed by atoms with Gasteiger partial charge in [0.1, 0.15) is 6.54 Å². The smallest absolute Gasteiger partial charge is 0.328 e. The summed E-state index contributed by atoms with van der Waals surface area (Å²) in [5.41, 5.74) is -1.34. The van der Waals surface area contributed by atoms with Crippen LogP contribution in [0.5, 0.6) is 0 Å². The maximum Gasteiger partial charge on any atom is 0.328 e. The van der Waals surface area contributed by atoms with Crippen molar-refractivity contribution in [2.24, 2.45) is 39.5 Å². The van der Waals surface area contributed by atoms with Crippen molar-refractivity contribution in [1.82, 2.24) is 0 Å². The SMILES string of the molecule is C[C@]12C=CC(=O)C=C1CC[C@@H]1[C@@H]2[C@@H](O)C[C@@]2(C)[C@H]1C[C@H]1O[C@@H](C3CCCCC3)O[C@]12C(=O)COC(=O)CN=C=S. The number of carbonyl (C=O) groups excluding carboxylic acids is 3. The summed E-state index contributed by atoms with van der Waals surface area (Å²) in [4.78, 5) is 42.2. The highest BCUT2D eigenvalue weighted by atomic mass is 32.1. The zero-order valence-corrected chi connectivity index (χ0v) is 24.1. The Balaban J connectivity index is 1.34. The number of aliphatic imine (C=N–C) groups is 1. The number of ether oxygens (including phenoxy) is 3. The maximum absolute atomic E-state index is 14.2. The molecule has 9 atom stereocenters. The predicted molar refractivity (Wildman–Crippen MR) is 148 cm³/mol. The molecule has 0 aromatic rings. The summed E-state index contributed by atoms with van der Waals surface area (Å²) in [5.74, 6) is -0.605. The second-order valence-electron chi connectivity index (χ2n) is 13.2. The zero-order valence-electron chi connectivity index (χ0n) is 23.3. The van der Waals surface area contributed by atoms with Crippen molar-refractivity contribution >= 4 is 34.9 Å². The fourth-order valence-electron chi connectivity index (χ4n) is 9.61. The van der Waals surface area contributed by atoms with Crippen LogP contribution in [0.3, 0.4) is 0 Å². The van der Waals surface area contributed by atoms with Crippen LogP contribution in [0.25, 0.3) is 0 Å². The van der Waals surface area contributed by atoms with Crippen molar-refractivity contribution in [1.29, 1.82) is 0 Å². The lowest BCUT2D eigenvalue weighted by atomic mass is 9.46. The minimum Gasteiger partial charge on any atom is -0.456 e. The molecule has 1 heterocycles. The van der Waals surface area contributed by atoms with Crippen LogP contribution in [0.2, 0.25) is 0 Å². The van der Waals surface area contributed by atoms with Crippen LogP contribution >= 0.6 is 12.2 Å². The number of Topliss-reactive ketones (excluding diaryl/α,β-unsaturated/α-hetero) is 1. The van der Waals surface area contributed by atoms with Gasteiger partial charge in [-0.25, -0.2) is 4.99 Å². The first-order chi connectivity index (χ1) is 19.1. The summed E-state index contributed by atoms with van der Waals surface area (Å²) in [6.07, 6.45) is 11.8. The predicted octanol–water partition coefficient (Wildman–Crippen LogP) is 4.15. The van der Waals surface area contributed by atoms with Crippen molar-refractivity contribution in [3.63, 3.8) is 0 Å². The van der Waals surface area contributed by atoms with Crippen molar-refractivity contribution in [2.75, 3.05) is 13.2 Å². The summed E-state index contributed by atoms with van der Waals surface area (Å²) in [6, 6.07) is 0. The molecule has 0 aromatic heterocycles. The third kappa shape index (κ3) is 4.15. The lowest BCUT2D eigenvalue weighted by molar-refractivity contribution is -0.210. The fourth-order valence-corrected chi connectivity index (χ4v) is 9.67. The van der Waals surface area contributed by atoms with Gasteiger partial charge in [-0.1, -0.05) is 44.8 Å². The molecule has 0 aromatic carbocycles. The number of thiocarbonyl (C=S) groups is 1. The molecule has 5 aliphatic carbocycles. The van der Waals surface area contributed by atoms with Crippen molar-refractivity contribution < 1.29 is 33.7 Å². The third-order valence-corrected chi connectivity index (χ3v) is 11.5. The number of rotatable bonds is 6. The largest absolute Gasteiger partial charge is 0.456 e. The quantitative estimate of drug-likeness (QED) is 0.289. The number of hydrogen-bond donors (Lipinski definition) is 1. The van der Waals surface area contributed by atoms with Crippen LogP contribution in [0.15, 0.2) is 28.8 Å². The first-order valence-corrected chi connectivity index (χ1v) is 15.2. The van der Waals surface area contributed by atoms with Crippen molar-refractivity contribution in [3.05, 3.63) is 23.8 Å². The Morgan fingerprint density at radius 2 is 2.00 bits per heavy atom. The number of fused-ring (bicyclic) bond motifs is 7. The highest BCUT2D eigenvalue weighted by molar-refractivity contribution is 7.78. The van der Waals surface area contributed by atoms with E-state index in [1.807, 2.05) is 6.08 Å². The molecule has 0 bridgehead atoms.